The van der Waals surface area contributed by atoms with E-state index in [1.54, 1.807) is 4.57 Å². The van der Waals surface area contributed by atoms with Gasteiger partial charge in [0.1, 0.15) is 0 Å². The third-order valence-electron chi connectivity index (χ3n) is 2.36. The van der Waals surface area contributed by atoms with Crippen LogP contribution in [0, 0.1) is 6.92 Å². The topological polar surface area (TPSA) is 22.0 Å². The van der Waals surface area contributed by atoms with Crippen LogP contribution >= 0.6 is 0 Å². The van der Waals surface area contributed by atoms with E-state index < -0.39 is 0 Å². The first-order chi connectivity index (χ1) is 5.68. The monoisotopic (exact) mass is 163 g/mol. The van der Waals surface area contributed by atoms with Gasteiger partial charge in [-0.3, -0.25) is 4.79 Å². The molecule has 1 aromatic heterocycles. The van der Waals surface area contributed by atoms with Crippen molar-refractivity contribution in [1.29, 1.82) is 0 Å². The molecule has 0 amide bonds. The summed E-state index contributed by atoms with van der Waals surface area (Å²) in [6.07, 6.45) is 4.27. The van der Waals surface area contributed by atoms with Crippen LogP contribution in [0.3, 0.4) is 0 Å². The highest BCUT2D eigenvalue weighted by Crippen LogP contribution is 2.38. The van der Waals surface area contributed by atoms with Crippen LogP contribution in [0.1, 0.15) is 29.9 Å². The second kappa shape index (κ2) is 2.47. The van der Waals surface area contributed by atoms with E-state index >= 15 is 0 Å². The summed E-state index contributed by atoms with van der Waals surface area (Å²) in [7, 11) is 1.82. The van der Waals surface area contributed by atoms with Gasteiger partial charge in [0.2, 0.25) is 0 Å². The van der Waals surface area contributed by atoms with Gasteiger partial charge in [0, 0.05) is 18.8 Å². The Morgan fingerprint density at radius 3 is 2.75 bits per heavy atom. The van der Waals surface area contributed by atoms with E-state index in [0.717, 1.165) is 5.56 Å². The summed E-state index contributed by atoms with van der Waals surface area (Å²) in [5.41, 5.74) is 2.37. The molecule has 1 saturated carbocycles. The molecule has 0 bridgehead atoms. The summed E-state index contributed by atoms with van der Waals surface area (Å²) < 4.78 is 1.68. The molecule has 64 valence electrons. The quantitative estimate of drug-likeness (QED) is 0.616. The molecule has 1 heterocycles. The van der Waals surface area contributed by atoms with E-state index in [2.05, 4.69) is 0 Å². The Morgan fingerprint density at radius 2 is 2.17 bits per heavy atom. The van der Waals surface area contributed by atoms with Gasteiger partial charge in [-0.1, -0.05) is 0 Å². The Morgan fingerprint density at radius 1 is 1.50 bits per heavy atom. The number of hydrogen-bond donors (Lipinski definition) is 0. The standard InChI is InChI=1S/C10H13NO/c1-7-5-9(8-3-4-8)10(12)11(2)6-7/h5-6,8H,3-4H2,1-2H3. The molecule has 2 nitrogen and oxygen atoms in total. The van der Waals surface area contributed by atoms with E-state index in [-0.39, 0.29) is 5.56 Å². The fraction of sp³-hybridized carbons (Fsp3) is 0.500. The highest BCUT2D eigenvalue weighted by atomic mass is 16.1. The number of aryl methyl sites for hydroxylation is 2. The molecule has 0 aromatic carbocycles. The molecule has 0 atom stereocenters. The molecule has 0 unspecified atom stereocenters. The van der Waals surface area contributed by atoms with Gasteiger partial charge in [-0.2, -0.15) is 0 Å². The third kappa shape index (κ3) is 1.17. The lowest BCUT2D eigenvalue weighted by molar-refractivity contribution is 0.824. The van der Waals surface area contributed by atoms with Crippen molar-refractivity contribution in [2.45, 2.75) is 25.7 Å². The SMILES string of the molecule is Cc1cc(C2CC2)c(=O)n(C)c1. The lowest BCUT2D eigenvalue weighted by Gasteiger charge is -2.03. The first kappa shape index (κ1) is 7.59. The van der Waals surface area contributed by atoms with Crippen LogP contribution in [0.2, 0.25) is 0 Å². The van der Waals surface area contributed by atoms with Gasteiger partial charge in [0.05, 0.1) is 0 Å². The molecule has 0 N–H and O–H groups in total. The van der Waals surface area contributed by atoms with Crippen molar-refractivity contribution in [2.24, 2.45) is 7.05 Å². The normalized spacial score (nSPS) is 16.5. The summed E-state index contributed by atoms with van der Waals surface area (Å²) in [5, 5.41) is 0. The molecule has 2 heteroatoms. The van der Waals surface area contributed by atoms with Gasteiger partial charge in [0.15, 0.2) is 0 Å². The van der Waals surface area contributed by atoms with Gasteiger partial charge in [-0.25, -0.2) is 0 Å². The molecule has 0 aliphatic heterocycles. The van der Waals surface area contributed by atoms with Crippen molar-refractivity contribution in [2.75, 3.05) is 0 Å². The Balaban J connectivity index is 2.58. The van der Waals surface area contributed by atoms with E-state index in [0.29, 0.717) is 5.92 Å². The van der Waals surface area contributed by atoms with Crippen LogP contribution in [-0.2, 0) is 7.05 Å². The lowest BCUT2D eigenvalue weighted by Crippen LogP contribution is -2.20. The van der Waals surface area contributed by atoms with Crippen molar-refractivity contribution in [1.82, 2.24) is 4.57 Å². The van der Waals surface area contributed by atoms with Gasteiger partial charge in [-0.15, -0.1) is 0 Å². The molecule has 1 aliphatic carbocycles. The molecule has 2 rings (SSSR count). The summed E-state index contributed by atoms with van der Waals surface area (Å²) in [6, 6.07) is 2.03. The maximum absolute atomic E-state index is 11.6. The van der Waals surface area contributed by atoms with Crippen LogP contribution in [0.4, 0.5) is 0 Å². The number of nitrogens with zero attached hydrogens (tertiary/aromatic N) is 1. The number of aromatic nitrogens is 1. The molecule has 1 fully saturated rings. The smallest absolute Gasteiger partial charge is 0.253 e. The highest BCUT2D eigenvalue weighted by molar-refractivity contribution is 5.24. The molecular formula is C10H13NO. The Labute approximate surface area is 71.8 Å². The Bertz CT molecular complexity index is 361. The zero-order chi connectivity index (χ0) is 8.72. The molecule has 12 heavy (non-hydrogen) atoms. The number of hydrogen-bond acceptors (Lipinski definition) is 1. The molecular weight excluding hydrogens is 150 g/mol. The van der Waals surface area contributed by atoms with E-state index in [9.17, 15) is 4.79 Å². The first-order valence-electron chi connectivity index (χ1n) is 4.35. The van der Waals surface area contributed by atoms with Crippen LogP contribution in [0.15, 0.2) is 17.1 Å². The minimum absolute atomic E-state index is 0.183. The van der Waals surface area contributed by atoms with Crippen LogP contribution < -0.4 is 5.56 Å². The van der Waals surface area contributed by atoms with Gasteiger partial charge in [-0.05, 0) is 37.3 Å². The number of pyridine rings is 1. The van der Waals surface area contributed by atoms with Crippen LogP contribution in [-0.4, -0.2) is 4.57 Å². The number of rotatable bonds is 1. The molecule has 1 aliphatic rings. The van der Waals surface area contributed by atoms with E-state index in [1.165, 1.54) is 18.4 Å². The minimum atomic E-state index is 0.183. The van der Waals surface area contributed by atoms with Crippen molar-refractivity contribution in [3.63, 3.8) is 0 Å². The average molecular weight is 163 g/mol. The second-order valence-corrected chi connectivity index (χ2v) is 3.66. The maximum atomic E-state index is 11.6. The molecule has 1 aromatic rings. The van der Waals surface area contributed by atoms with E-state index in [4.69, 9.17) is 0 Å². The third-order valence-corrected chi connectivity index (χ3v) is 2.36. The van der Waals surface area contributed by atoms with Gasteiger partial charge < -0.3 is 4.57 Å². The summed E-state index contributed by atoms with van der Waals surface area (Å²) in [4.78, 5) is 11.6. The Kier molecular flexibility index (Phi) is 1.56. The van der Waals surface area contributed by atoms with Gasteiger partial charge in [0.25, 0.3) is 5.56 Å². The van der Waals surface area contributed by atoms with Crippen molar-refractivity contribution in [3.05, 3.63) is 33.7 Å². The summed E-state index contributed by atoms with van der Waals surface area (Å²) >= 11 is 0. The second-order valence-electron chi connectivity index (χ2n) is 3.66. The van der Waals surface area contributed by atoms with Crippen molar-refractivity contribution in [3.8, 4) is 0 Å². The first-order valence-corrected chi connectivity index (χ1v) is 4.35. The minimum Gasteiger partial charge on any atom is -0.318 e. The summed E-state index contributed by atoms with van der Waals surface area (Å²) in [6.45, 7) is 2.03. The zero-order valence-electron chi connectivity index (χ0n) is 7.50. The van der Waals surface area contributed by atoms with Crippen LogP contribution in [0.25, 0.3) is 0 Å². The molecule has 0 saturated heterocycles. The predicted molar refractivity (Wildman–Crippen MR) is 48.4 cm³/mol. The highest BCUT2D eigenvalue weighted by Gasteiger charge is 2.26. The van der Waals surface area contributed by atoms with Crippen molar-refractivity contribution >= 4 is 0 Å². The van der Waals surface area contributed by atoms with Gasteiger partial charge >= 0.3 is 0 Å². The largest absolute Gasteiger partial charge is 0.318 e. The predicted octanol–water partition coefficient (Wildman–Crippen LogP) is 1.57. The van der Waals surface area contributed by atoms with Crippen LogP contribution in [0.5, 0.6) is 0 Å². The fourth-order valence-corrected chi connectivity index (χ4v) is 1.60. The summed E-state index contributed by atoms with van der Waals surface area (Å²) in [5.74, 6) is 0.559. The van der Waals surface area contributed by atoms with E-state index in [1.807, 2.05) is 26.2 Å². The Hall–Kier alpha value is -1.05. The van der Waals surface area contributed by atoms with Crippen molar-refractivity contribution < 1.29 is 0 Å². The fourth-order valence-electron chi connectivity index (χ4n) is 1.60. The lowest BCUT2D eigenvalue weighted by atomic mass is 10.1. The average Bonchev–Trinajstić information content (AvgIpc) is 2.79. The molecule has 0 radical (unpaired) electrons. The maximum Gasteiger partial charge on any atom is 0.253 e. The molecule has 0 spiro atoms. The zero-order valence-corrected chi connectivity index (χ0v) is 7.50.